The number of nitrogens with one attached hydrogen (secondary N) is 1. The van der Waals surface area contributed by atoms with Crippen molar-refractivity contribution in [2.75, 3.05) is 31.6 Å². The van der Waals surface area contributed by atoms with Gasteiger partial charge in [-0.2, -0.15) is 0 Å². The fraction of sp³-hybridized carbons (Fsp3) is 0.562. The van der Waals surface area contributed by atoms with E-state index in [1.165, 1.54) is 0 Å². The van der Waals surface area contributed by atoms with Crippen LogP contribution in [0.15, 0.2) is 24.3 Å². The van der Waals surface area contributed by atoms with Gasteiger partial charge in [0.1, 0.15) is 5.75 Å². The number of hydrogen-bond acceptors (Lipinski definition) is 3. The Morgan fingerprint density at radius 3 is 2.48 bits per heavy atom. The van der Waals surface area contributed by atoms with Gasteiger partial charge in [0.15, 0.2) is 0 Å². The third kappa shape index (κ3) is 2.70. The lowest BCUT2D eigenvalue weighted by Crippen LogP contribution is -2.57. The quantitative estimate of drug-likeness (QED) is 0.926. The topological polar surface area (TPSA) is 44.8 Å². The van der Waals surface area contributed by atoms with E-state index >= 15 is 0 Å². The molecule has 2 fully saturated rings. The van der Waals surface area contributed by atoms with E-state index in [9.17, 15) is 4.79 Å². The van der Waals surface area contributed by atoms with Crippen LogP contribution < -0.4 is 15.0 Å². The van der Waals surface area contributed by atoms with Crippen molar-refractivity contribution in [2.45, 2.75) is 31.8 Å². The van der Waals surface area contributed by atoms with E-state index in [0.29, 0.717) is 18.7 Å². The highest BCUT2D eigenvalue weighted by molar-refractivity contribution is 5.92. The predicted molar refractivity (Wildman–Crippen MR) is 82.9 cm³/mol. The van der Waals surface area contributed by atoms with Crippen molar-refractivity contribution in [3.63, 3.8) is 0 Å². The van der Waals surface area contributed by atoms with Gasteiger partial charge in [-0.15, -0.1) is 0 Å². The summed E-state index contributed by atoms with van der Waals surface area (Å²) >= 11 is 0. The molecule has 2 aliphatic rings. The molecule has 3 rings (SSSR count). The number of ether oxygens (including phenoxy) is 1. The molecular weight excluding hydrogens is 266 g/mol. The minimum absolute atomic E-state index is 0.105. The number of anilines is 1. The van der Waals surface area contributed by atoms with Gasteiger partial charge >= 0.3 is 6.03 Å². The highest BCUT2D eigenvalue weighted by Gasteiger charge is 2.40. The number of hydrogen-bond donors (Lipinski definition) is 1. The molecule has 5 nitrogen and oxygen atoms in total. The minimum Gasteiger partial charge on any atom is -0.494 e. The number of fused-ring (bicyclic) bond motifs is 2. The van der Waals surface area contributed by atoms with E-state index in [-0.39, 0.29) is 6.03 Å². The zero-order valence-electron chi connectivity index (χ0n) is 12.7. The van der Waals surface area contributed by atoms with Crippen molar-refractivity contribution < 1.29 is 9.53 Å². The average Bonchev–Trinajstić information content (AvgIpc) is 2.76. The van der Waals surface area contributed by atoms with Gasteiger partial charge in [-0.25, -0.2) is 4.79 Å². The zero-order chi connectivity index (χ0) is 14.8. The third-order valence-electron chi connectivity index (χ3n) is 4.42. The maximum absolute atomic E-state index is 12.8. The van der Waals surface area contributed by atoms with Crippen LogP contribution in [0.5, 0.6) is 5.75 Å². The molecule has 0 saturated carbocycles. The summed E-state index contributed by atoms with van der Waals surface area (Å²) in [6.07, 6.45) is 2.22. The molecule has 0 aliphatic carbocycles. The first kappa shape index (κ1) is 14.2. The van der Waals surface area contributed by atoms with Gasteiger partial charge in [0, 0.05) is 37.9 Å². The maximum Gasteiger partial charge on any atom is 0.324 e. The smallest absolute Gasteiger partial charge is 0.324 e. The van der Waals surface area contributed by atoms with Crippen molar-refractivity contribution in [3.05, 3.63) is 24.3 Å². The molecule has 1 N–H and O–H groups in total. The second kappa shape index (κ2) is 5.93. The molecule has 0 aromatic heterocycles. The highest BCUT2D eigenvalue weighted by atomic mass is 16.5. The van der Waals surface area contributed by atoms with Crippen molar-refractivity contribution in [2.24, 2.45) is 0 Å². The van der Waals surface area contributed by atoms with Crippen LogP contribution in [0.4, 0.5) is 10.5 Å². The second-order valence-corrected chi connectivity index (χ2v) is 5.72. The first-order chi connectivity index (χ1) is 10.2. The summed E-state index contributed by atoms with van der Waals surface area (Å²) in [7, 11) is 1.85. The van der Waals surface area contributed by atoms with Crippen LogP contribution in [0.25, 0.3) is 0 Å². The molecule has 0 radical (unpaired) electrons. The largest absolute Gasteiger partial charge is 0.494 e. The molecule has 114 valence electrons. The number of carbonyl (C=O) groups is 1. The first-order valence-electron chi connectivity index (χ1n) is 7.70. The van der Waals surface area contributed by atoms with Crippen LogP contribution >= 0.6 is 0 Å². The van der Waals surface area contributed by atoms with E-state index in [0.717, 1.165) is 37.4 Å². The molecule has 0 spiro atoms. The normalized spacial score (nSPS) is 24.0. The Hall–Kier alpha value is -1.75. The summed E-state index contributed by atoms with van der Waals surface area (Å²) in [6, 6.07) is 8.50. The lowest BCUT2D eigenvalue weighted by atomic mass is 10.2. The lowest BCUT2D eigenvalue weighted by Gasteiger charge is -2.37. The molecule has 2 atom stereocenters. The van der Waals surface area contributed by atoms with Gasteiger partial charge in [0.05, 0.1) is 6.61 Å². The summed E-state index contributed by atoms with van der Waals surface area (Å²) < 4.78 is 5.44. The second-order valence-electron chi connectivity index (χ2n) is 5.72. The Labute approximate surface area is 125 Å². The third-order valence-corrected chi connectivity index (χ3v) is 4.42. The van der Waals surface area contributed by atoms with E-state index in [2.05, 4.69) is 10.2 Å². The van der Waals surface area contributed by atoms with Gasteiger partial charge < -0.3 is 15.0 Å². The van der Waals surface area contributed by atoms with Crippen molar-refractivity contribution in [3.8, 4) is 5.75 Å². The van der Waals surface area contributed by atoms with Crippen molar-refractivity contribution in [1.82, 2.24) is 10.2 Å². The van der Waals surface area contributed by atoms with E-state index in [1.807, 2.05) is 38.2 Å². The molecule has 2 bridgehead atoms. The summed E-state index contributed by atoms with van der Waals surface area (Å²) in [5.41, 5.74) is 0.904. The van der Waals surface area contributed by atoms with E-state index in [1.54, 1.807) is 4.90 Å². The molecule has 1 aromatic rings. The number of rotatable bonds is 3. The van der Waals surface area contributed by atoms with Gasteiger partial charge in [0.25, 0.3) is 0 Å². The number of benzene rings is 1. The minimum atomic E-state index is 0.105. The molecule has 2 aliphatic heterocycles. The Morgan fingerprint density at radius 1 is 1.29 bits per heavy atom. The average molecular weight is 289 g/mol. The van der Waals surface area contributed by atoms with Gasteiger partial charge in [-0.3, -0.25) is 4.90 Å². The summed E-state index contributed by atoms with van der Waals surface area (Å²) in [5.74, 6) is 0.837. The lowest BCUT2D eigenvalue weighted by molar-refractivity contribution is 0.161. The fourth-order valence-corrected chi connectivity index (χ4v) is 3.31. The Balaban J connectivity index is 1.72. The predicted octanol–water partition coefficient (Wildman–Crippen LogP) is 2.08. The monoisotopic (exact) mass is 289 g/mol. The number of carbonyl (C=O) groups excluding carboxylic acids is 1. The summed E-state index contributed by atoms with van der Waals surface area (Å²) in [4.78, 5) is 16.6. The molecule has 1 aromatic carbocycles. The van der Waals surface area contributed by atoms with Crippen LogP contribution in [0.2, 0.25) is 0 Å². The first-order valence-corrected chi connectivity index (χ1v) is 7.70. The molecule has 2 unspecified atom stereocenters. The van der Waals surface area contributed by atoms with Crippen LogP contribution in [0.1, 0.15) is 19.8 Å². The van der Waals surface area contributed by atoms with E-state index < -0.39 is 0 Å². The highest BCUT2D eigenvalue weighted by Crippen LogP contribution is 2.29. The number of urea groups is 1. The number of nitrogens with zero attached hydrogens (tertiary/aromatic N) is 2. The van der Waals surface area contributed by atoms with Gasteiger partial charge in [-0.1, -0.05) is 0 Å². The summed E-state index contributed by atoms with van der Waals surface area (Å²) in [5, 5.41) is 3.40. The van der Waals surface area contributed by atoms with Gasteiger partial charge in [-0.05, 0) is 44.0 Å². The fourth-order valence-electron chi connectivity index (χ4n) is 3.31. The van der Waals surface area contributed by atoms with Crippen LogP contribution in [-0.2, 0) is 0 Å². The van der Waals surface area contributed by atoms with Crippen molar-refractivity contribution >= 4 is 11.7 Å². The van der Waals surface area contributed by atoms with Crippen molar-refractivity contribution in [1.29, 1.82) is 0 Å². The molecule has 2 amide bonds. The Bertz CT molecular complexity index is 487. The summed E-state index contributed by atoms with van der Waals surface area (Å²) in [6.45, 7) is 4.45. The molecule has 2 heterocycles. The van der Waals surface area contributed by atoms with Crippen LogP contribution in [-0.4, -0.2) is 49.8 Å². The van der Waals surface area contributed by atoms with Crippen LogP contribution in [0.3, 0.4) is 0 Å². The maximum atomic E-state index is 12.8. The van der Waals surface area contributed by atoms with E-state index in [4.69, 9.17) is 4.74 Å². The Morgan fingerprint density at radius 2 is 1.90 bits per heavy atom. The molecule has 5 heteroatoms. The molecule has 2 saturated heterocycles. The number of piperazine rings is 1. The van der Waals surface area contributed by atoms with Gasteiger partial charge in [0.2, 0.25) is 0 Å². The zero-order valence-corrected chi connectivity index (χ0v) is 12.7. The molecular formula is C16H23N3O2. The SMILES string of the molecule is CCOc1ccc(N(C)C(=O)N2C3CCC2CNC3)cc1. The van der Waals surface area contributed by atoms with Crippen LogP contribution in [0, 0.1) is 0 Å². The standard InChI is InChI=1S/C16H23N3O2/c1-3-21-15-8-6-12(7-9-15)18(2)16(20)19-13-4-5-14(19)11-17-10-13/h6-9,13-14,17H,3-5,10-11H2,1-2H3. The molecule has 21 heavy (non-hydrogen) atoms. The Kier molecular flexibility index (Phi) is 4.01. The number of amides is 2.